The number of carbonyl (C=O) groups is 4. The Kier molecular flexibility index (Phi) is 30.5. The zero-order valence-electron chi connectivity index (χ0n) is 51.3. The van der Waals surface area contributed by atoms with E-state index in [4.69, 9.17) is 62.6 Å². The Hall–Kier alpha value is -7.55. The van der Waals surface area contributed by atoms with Crippen LogP contribution in [0.5, 0.6) is 0 Å². The van der Waals surface area contributed by atoms with E-state index in [1.165, 1.54) is 17.7 Å². The lowest BCUT2D eigenvalue weighted by Crippen LogP contribution is -2.49. The molecule has 0 unspecified atom stereocenters. The van der Waals surface area contributed by atoms with Crippen molar-refractivity contribution in [2.75, 3.05) is 112 Å². The fourth-order valence-electron chi connectivity index (χ4n) is 9.01. The van der Waals surface area contributed by atoms with Crippen molar-refractivity contribution in [3.05, 3.63) is 159 Å². The van der Waals surface area contributed by atoms with Crippen molar-refractivity contribution in [2.45, 2.75) is 84.1 Å². The molecule has 0 saturated carbocycles. The Bertz CT molecular complexity index is 3160. The van der Waals surface area contributed by atoms with Crippen LogP contribution in [0, 0.1) is 12.3 Å². The zero-order chi connectivity index (χ0) is 65.3. The number of H-pyrrole nitrogens is 1. The number of halogens is 3. The molecule has 6 aromatic rings. The standard InChI is InChI=1S/C63H79F3N8O17/c1-45-19-23-49(24-20-45)62(47-13-7-5-8-14-47,48-15-9-6-10-16-48)69-28-11-17-52(75)27-30-81-35-83-37-85-39-87-41-89-43-91-44-90-42-88-40-86-38-84-36-82-32-31-80-29-12-18-53(76)55(61(2,3)4)71-57(77)46-21-25-51(26-22-46)74(59(79)63(64,65)66)34-50-33-68-56-54(70-50)58(78)73-60(67)72-56/h5-10,13-16,19-26,33,55,69H,11-12,17-18,27-32,34-44H2,1-4H3,(H,71,77)(H3,67,68,72,73,78)/t55-/m0/s1. The molecule has 0 saturated heterocycles. The molecule has 0 aliphatic carbocycles. The summed E-state index contributed by atoms with van der Waals surface area (Å²) in [5, 5.41) is 6.55. The molecule has 6 rings (SSSR count). The molecule has 0 aliphatic heterocycles. The third-order valence-corrected chi connectivity index (χ3v) is 13.4. The van der Waals surface area contributed by atoms with Crippen LogP contribution in [-0.2, 0) is 83.3 Å². The van der Waals surface area contributed by atoms with Gasteiger partial charge in [0.1, 0.15) is 19.4 Å². The van der Waals surface area contributed by atoms with Crippen molar-refractivity contribution < 1.29 is 89.2 Å². The summed E-state index contributed by atoms with van der Waals surface area (Å²) in [6.07, 6.45) is -2.48. The van der Waals surface area contributed by atoms with Gasteiger partial charge in [-0.05, 0) is 72.7 Å². The third kappa shape index (κ3) is 24.5. The second kappa shape index (κ2) is 38.3. The molecule has 2 heterocycles. The summed E-state index contributed by atoms with van der Waals surface area (Å²) in [5.74, 6) is -3.31. The summed E-state index contributed by atoms with van der Waals surface area (Å²) < 4.78 is 104. The number of hydrogen-bond donors (Lipinski definition) is 4. The van der Waals surface area contributed by atoms with E-state index in [9.17, 15) is 37.1 Å². The van der Waals surface area contributed by atoms with Crippen LogP contribution in [0.15, 0.2) is 120 Å². The Morgan fingerprint density at radius 1 is 0.593 bits per heavy atom. The average Bonchev–Trinajstić information content (AvgIpc) is 0.789. The number of fused-ring (bicyclic) bond motifs is 1. The Morgan fingerprint density at radius 2 is 1.10 bits per heavy atom. The van der Waals surface area contributed by atoms with Gasteiger partial charge in [-0.2, -0.15) is 18.2 Å². The number of ketones is 2. The first-order chi connectivity index (χ1) is 43.9. The summed E-state index contributed by atoms with van der Waals surface area (Å²) in [5.41, 5.74) is 7.14. The lowest BCUT2D eigenvalue weighted by molar-refractivity contribution is -0.232. The Labute approximate surface area is 524 Å². The van der Waals surface area contributed by atoms with Crippen LogP contribution in [0.25, 0.3) is 11.2 Å². The number of ether oxygens (including phenoxy) is 12. The second-order valence-corrected chi connectivity index (χ2v) is 21.4. The van der Waals surface area contributed by atoms with Gasteiger partial charge in [0.05, 0.1) is 49.8 Å². The highest BCUT2D eigenvalue weighted by Crippen LogP contribution is 2.37. The number of aromatic amines is 1. The van der Waals surface area contributed by atoms with Gasteiger partial charge in [0, 0.05) is 37.1 Å². The van der Waals surface area contributed by atoms with Crippen LogP contribution < -0.4 is 26.8 Å². The quantitative estimate of drug-likeness (QED) is 0.0166. The molecule has 5 N–H and O–H groups in total. The predicted molar refractivity (Wildman–Crippen MR) is 323 cm³/mol. The molecule has 0 aliphatic rings. The highest BCUT2D eigenvalue weighted by molar-refractivity contribution is 6.00. The first-order valence-corrected chi connectivity index (χ1v) is 29.1. The van der Waals surface area contributed by atoms with Crippen LogP contribution in [0.4, 0.5) is 24.8 Å². The number of benzene rings is 4. The van der Waals surface area contributed by atoms with E-state index in [-0.39, 0.29) is 153 Å². The van der Waals surface area contributed by atoms with Gasteiger partial charge in [-0.3, -0.25) is 39.2 Å². The molecule has 91 heavy (non-hydrogen) atoms. The molecule has 0 fully saturated rings. The third-order valence-electron chi connectivity index (χ3n) is 13.4. The van der Waals surface area contributed by atoms with E-state index in [1.807, 2.05) is 36.4 Å². The summed E-state index contributed by atoms with van der Waals surface area (Å²) in [6, 6.07) is 33.0. The summed E-state index contributed by atoms with van der Waals surface area (Å²) >= 11 is 0. The van der Waals surface area contributed by atoms with Crippen molar-refractivity contribution >= 4 is 46.2 Å². The number of aryl methyl sites for hydroxylation is 1. The molecule has 25 nitrogen and oxygen atoms in total. The molecule has 28 heteroatoms. The second-order valence-electron chi connectivity index (χ2n) is 21.4. The largest absolute Gasteiger partial charge is 0.471 e. The SMILES string of the molecule is Cc1ccc(C(NCCCC(=O)CCOCOCOCOCOCOCOCOCOCOCOCCOCCCC(=O)[C@H](NC(=O)c2ccc(N(Cc3cnc4nc(N)[nH]c(=O)c4n3)C(=O)C(F)(F)F)cc2)C(C)(C)C)(c2ccccc2)c2ccccc2)cc1. The van der Waals surface area contributed by atoms with Gasteiger partial charge in [0.15, 0.2) is 71.3 Å². The maximum Gasteiger partial charge on any atom is 0.471 e. The topological polar surface area (TPSA) is 304 Å². The van der Waals surface area contributed by atoms with Gasteiger partial charge in [0.2, 0.25) is 5.95 Å². The van der Waals surface area contributed by atoms with Gasteiger partial charge < -0.3 is 67.9 Å². The molecule has 1 atom stereocenters. The number of amides is 2. The van der Waals surface area contributed by atoms with Gasteiger partial charge >= 0.3 is 12.1 Å². The van der Waals surface area contributed by atoms with E-state index in [1.54, 1.807) is 20.8 Å². The van der Waals surface area contributed by atoms with Crippen LogP contribution in [0.2, 0.25) is 0 Å². The van der Waals surface area contributed by atoms with Crippen molar-refractivity contribution in [3.63, 3.8) is 0 Å². The van der Waals surface area contributed by atoms with Crippen molar-refractivity contribution in [2.24, 2.45) is 5.41 Å². The highest BCUT2D eigenvalue weighted by atomic mass is 19.4. The van der Waals surface area contributed by atoms with Crippen LogP contribution in [0.3, 0.4) is 0 Å². The van der Waals surface area contributed by atoms with Crippen LogP contribution >= 0.6 is 0 Å². The lowest BCUT2D eigenvalue weighted by Gasteiger charge is -2.37. The minimum absolute atomic E-state index is 0.0117. The molecule has 0 radical (unpaired) electrons. The van der Waals surface area contributed by atoms with Crippen molar-refractivity contribution in [3.8, 4) is 0 Å². The zero-order valence-corrected chi connectivity index (χ0v) is 51.3. The molecule has 0 bridgehead atoms. The Balaban J connectivity index is 0.698. The van der Waals surface area contributed by atoms with Crippen LogP contribution in [-0.4, -0.2) is 156 Å². The molecule has 0 spiro atoms. The van der Waals surface area contributed by atoms with Crippen molar-refractivity contribution in [1.29, 1.82) is 0 Å². The number of nitrogens with two attached hydrogens (primary N) is 1. The molecular weight excluding hydrogens is 1200 g/mol. The minimum Gasteiger partial charge on any atom is -0.379 e. The molecular formula is C63H79F3N8O17. The van der Waals surface area contributed by atoms with Crippen molar-refractivity contribution in [1.82, 2.24) is 30.6 Å². The number of rotatable bonds is 44. The first-order valence-electron chi connectivity index (χ1n) is 29.1. The number of Topliss-reactive ketones (excluding diaryl/α,β-unsaturated/α-hetero) is 2. The highest BCUT2D eigenvalue weighted by Gasteiger charge is 2.43. The van der Waals surface area contributed by atoms with E-state index >= 15 is 0 Å². The number of carbonyl (C=O) groups excluding carboxylic acids is 4. The summed E-state index contributed by atoms with van der Waals surface area (Å²) in [4.78, 5) is 78.7. The van der Waals surface area contributed by atoms with Gasteiger partial charge in [-0.25, -0.2) is 9.97 Å². The molecule has 494 valence electrons. The fourth-order valence-corrected chi connectivity index (χ4v) is 9.01. The van der Waals surface area contributed by atoms with E-state index < -0.39 is 47.1 Å². The molecule has 2 amide bonds. The predicted octanol–water partition coefficient (Wildman–Crippen LogP) is 7.29. The van der Waals surface area contributed by atoms with Crippen LogP contribution in [0.1, 0.15) is 91.2 Å². The molecule has 4 aromatic carbocycles. The number of hydrogen-bond acceptors (Lipinski definition) is 22. The maximum absolute atomic E-state index is 13.7. The maximum atomic E-state index is 13.7. The van der Waals surface area contributed by atoms with Gasteiger partial charge in [0.25, 0.3) is 11.5 Å². The number of nitrogens with one attached hydrogen (secondary N) is 3. The fraction of sp³-hybridized carbons (Fsp3) is 0.460. The number of anilines is 2. The first kappa shape index (κ1) is 72.5. The number of alkyl halides is 3. The number of nitrogen functional groups attached to an aromatic ring is 1. The number of nitrogens with zero attached hydrogens (tertiary/aromatic N) is 4. The Morgan fingerprint density at radius 3 is 1.63 bits per heavy atom. The van der Waals surface area contributed by atoms with E-state index in [0.29, 0.717) is 30.7 Å². The normalized spacial score (nSPS) is 12.3. The van der Waals surface area contributed by atoms with Gasteiger partial charge in [-0.1, -0.05) is 111 Å². The van der Waals surface area contributed by atoms with Gasteiger partial charge in [-0.15, -0.1) is 0 Å². The van der Waals surface area contributed by atoms with E-state index in [2.05, 4.69) is 86.0 Å². The smallest absolute Gasteiger partial charge is 0.379 e. The lowest BCUT2D eigenvalue weighted by atomic mass is 9.76. The average molecular weight is 1280 g/mol. The molecule has 2 aromatic heterocycles. The summed E-state index contributed by atoms with van der Waals surface area (Å²) in [6.45, 7) is 7.09. The minimum atomic E-state index is -5.29. The number of aromatic nitrogens is 4. The summed E-state index contributed by atoms with van der Waals surface area (Å²) in [7, 11) is 0. The van der Waals surface area contributed by atoms with E-state index in [0.717, 1.165) is 35.0 Å². The monoisotopic (exact) mass is 1280 g/mol.